The number of carbonyl (C=O) groups is 1. The molecular formula is C21H22N4O6S2. The Balaban J connectivity index is 1.66. The lowest BCUT2D eigenvalue weighted by Gasteiger charge is -2.26. The van der Waals surface area contributed by atoms with Gasteiger partial charge in [0.1, 0.15) is 0 Å². The fourth-order valence-corrected chi connectivity index (χ4v) is 5.37. The van der Waals surface area contributed by atoms with Crippen LogP contribution in [0.25, 0.3) is 11.4 Å². The van der Waals surface area contributed by atoms with Crippen molar-refractivity contribution < 1.29 is 27.4 Å². The van der Waals surface area contributed by atoms with Crippen LogP contribution in [-0.2, 0) is 14.8 Å². The number of rotatable bonds is 7. The predicted octanol–water partition coefficient (Wildman–Crippen LogP) is 2.50. The van der Waals surface area contributed by atoms with Gasteiger partial charge >= 0.3 is 0 Å². The van der Waals surface area contributed by atoms with Crippen molar-refractivity contribution in [2.75, 3.05) is 45.8 Å². The number of benzene rings is 2. The fraction of sp³-hybridized carbons (Fsp3) is 0.286. The van der Waals surface area contributed by atoms with Crippen LogP contribution in [0, 0.1) is 0 Å². The van der Waals surface area contributed by atoms with Crippen LogP contribution in [0.15, 0.2) is 47.4 Å². The van der Waals surface area contributed by atoms with Gasteiger partial charge in [-0.3, -0.25) is 10.1 Å². The second-order valence-electron chi connectivity index (χ2n) is 6.97. The largest absolute Gasteiger partial charge is 0.493 e. The van der Waals surface area contributed by atoms with Crippen LogP contribution in [0.5, 0.6) is 11.5 Å². The number of anilines is 1. The van der Waals surface area contributed by atoms with E-state index in [0.717, 1.165) is 17.1 Å². The second kappa shape index (κ2) is 9.83. The summed E-state index contributed by atoms with van der Waals surface area (Å²) in [5.41, 5.74) is 0.812. The van der Waals surface area contributed by atoms with E-state index in [1.54, 1.807) is 0 Å². The van der Waals surface area contributed by atoms with Crippen molar-refractivity contribution in [1.29, 1.82) is 0 Å². The van der Waals surface area contributed by atoms with E-state index < -0.39 is 15.9 Å². The molecule has 0 radical (unpaired) electrons. The lowest BCUT2D eigenvalue weighted by molar-refractivity contribution is 0.0730. The molecule has 1 saturated heterocycles. The number of sulfonamides is 1. The molecule has 3 aromatic rings. The van der Waals surface area contributed by atoms with Gasteiger partial charge in [0, 0.05) is 36.3 Å². The zero-order chi connectivity index (χ0) is 23.4. The van der Waals surface area contributed by atoms with Gasteiger partial charge in [0.2, 0.25) is 15.2 Å². The first-order chi connectivity index (χ1) is 15.9. The highest BCUT2D eigenvalue weighted by Gasteiger charge is 2.30. The summed E-state index contributed by atoms with van der Waals surface area (Å²) in [6.45, 7) is 1.07. The summed E-state index contributed by atoms with van der Waals surface area (Å²) in [7, 11) is -1.11. The Kier molecular flexibility index (Phi) is 6.88. The van der Waals surface area contributed by atoms with Gasteiger partial charge in [-0.2, -0.15) is 13.7 Å². The van der Waals surface area contributed by atoms with Crippen molar-refractivity contribution in [3.8, 4) is 22.9 Å². The zero-order valence-corrected chi connectivity index (χ0v) is 19.6. The van der Waals surface area contributed by atoms with Gasteiger partial charge in [0.15, 0.2) is 17.3 Å². The summed E-state index contributed by atoms with van der Waals surface area (Å²) >= 11 is 1.02. The van der Waals surface area contributed by atoms with Crippen molar-refractivity contribution >= 4 is 32.6 Å². The van der Waals surface area contributed by atoms with Gasteiger partial charge in [0.05, 0.1) is 37.9 Å². The first-order valence-corrected chi connectivity index (χ1v) is 12.2. The molecule has 1 aliphatic heterocycles. The first kappa shape index (κ1) is 23.1. The number of carbonyl (C=O) groups excluding carboxylic acids is 1. The van der Waals surface area contributed by atoms with Gasteiger partial charge in [-0.1, -0.05) is 30.3 Å². The summed E-state index contributed by atoms with van der Waals surface area (Å²) < 4.78 is 47.9. The van der Waals surface area contributed by atoms with Crippen LogP contribution >= 0.6 is 11.5 Å². The minimum Gasteiger partial charge on any atom is -0.493 e. The Bertz CT molecular complexity index is 1240. The van der Waals surface area contributed by atoms with Gasteiger partial charge in [0.25, 0.3) is 5.91 Å². The van der Waals surface area contributed by atoms with E-state index >= 15 is 0 Å². The number of hydrogen-bond acceptors (Lipinski definition) is 9. The van der Waals surface area contributed by atoms with Crippen LogP contribution in [0.4, 0.5) is 5.13 Å². The Morgan fingerprint density at radius 2 is 1.85 bits per heavy atom. The van der Waals surface area contributed by atoms with E-state index in [1.165, 1.54) is 30.7 Å². The molecule has 0 unspecified atom stereocenters. The summed E-state index contributed by atoms with van der Waals surface area (Å²) in [6, 6.07) is 12.0. The highest BCUT2D eigenvalue weighted by molar-refractivity contribution is 7.89. The maximum Gasteiger partial charge on any atom is 0.261 e. The first-order valence-electron chi connectivity index (χ1n) is 9.98. The maximum absolute atomic E-state index is 13.2. The minimum absolute atomic E-state index is 0.000135. The molecular weight excluding hydrogens is 468 g/mol. The highest BCUT2D eigenvalue weighted by atomic mass is 32.2. The van der Waals surface area contributed by atoms with Gasteiger partial charge in [-0.25, -0.2) is 8.42 Å². The molecule has 1 aliphatic rings. The van der Waals surface area contributed by atoms with Crippen LogP contribution in [0.2, 0.25) is 0 Å². The third kappa shape index (κ3) is 4.83. The van der Waals surface area contributed by atoms with Crippen molar-refractivity contribution in [3.05, 3.63) is 48.0 Å². The topological polar surface area (TPSA) is 120 Å². The Hall–Kier alpha value is -3.06. The normalized spacial score (nSPS) is 14.6. The molecule has 12 heteroatoms. The third-order valence-corrected chi connectivity index (χ3v) is 7.49. The van der Waals surface area contributed by atoms with E-state index in [2.05, 4.69) is 14.7 Å². The van der Waals surface area contributed by atoms with Crippen LogP contribution in [0.3, 0.4) is 0 Å². The van der Waals surface area contributed by atoms with E-state index in [1.807, 2.05) is 30.3 Å². The maximum atomic E-state index is 13.2. The number of hydrogen-bond donors (Lipinski definition) is 1. The summed E-state index contributed by atoms with van der Waals surface area (Å²) in [4.78, 5) is 17.4. The molecule has 2 aromatic carbocycles. The number of ether oxygens (including phenoxy) is 3. The third-order valence-electron chi connectivity index (χ3n) is 4.98. The van der Waals surface area contributed by atoms with E-state index in [-0.39, 0.29) is 40.2 Å². The molecule has 4 rings (SSSR count). The molecule has 2 heterocycles. The molecule has 0 saturated carbocycles. The number of nitrogens with zero attached hydrogens (tertiary/aromatic N) is 3. The van der Waals surface area contributed by atoms with Crippen LogP contribution in [-0.4, -0.2) is 68.5 Å². The standard InChI is InChI=1S/C21H22N4O6S2/c1-29-17-13-15(33(27,28)25-8-10-31-11-9-25)12-16(18(17)30-2)20(26)23-21-22-19(24-32-21)14-6-4-3-5-7-14/h3-7,12-13H,8-11H2,1-2H3,(H,22,23,24,26). The Labute approximate surface area is 195 Å². The van der Waals surface area contributed by atoms with E-state index in [4.69, 9.17) is 14.2 Å². The number of nitrogens with one attached hydrogen (secondary N) is 1. The minimum atomic E-state index is -3.87. The Morgan fingerprint density at radius 3 is 2.52 bits per heavy atom. The molecule has 33 heavy (non-hydrogen) atoms. The van der Waals surface area contributed by atoms with Crippen molar-refractivity contribution in [2.45, 2.75) is 4.90 Å². The second-order valence-corrected chi connectivity index (χ2v) is 9.66. The average molecular weight is 491 g/mol. The molecule has 1 aromatic heterocycles. The Morgan fingerprint density at radius 1 is 1.12 bits per heavy atom. The predicted molar refractivity (Wildman–Crippen MR) is 122 cm³/mol. The molecule has 0 atom stereocenters. The summed E-state index contributed by atoms with van der Waals surface area (Å²) in [5, 5.41) is 2.94. The van der Waals surface area contributed by atoms with Crippen molar-refractivity contribution in [3.63, 3.8) is 0 Å². The monoisotopic (exact) mass is 490 g/mol. The van der Waals surface area contributed by atoms with Crippen molar-refractivity contribution in [2.24, 2.45) is 0 Å². The van der Waals surface area contributed by atoms with Crippen molar-refractivity contribution in [1.82, 2.24) is 13.7 Å². The van der Waals surface area contributed by atoms with Crippen LogP contribution < -0.4 is 14.8 Å². The molecule has 0 aliphatic carbocycles. The summed E-state index contributed by atoms with van der Waals surface area (Å²) in [5.74, 6) is 0.118. The number of aromatic nitrogens is 2. The molecule has 1 amide bonds. The molecule has 174 valence electrons. The SMILES string of the molecule is COc1cc(S(=O)(=O)N2CCOCC2)cc(C(=O)Nc2nc(-c3ccccc3)ns2)c1OC. The summed E-state index contributed by atoms with van der Waals surface area (Å²) in [6.07, 6.45) is 0. The van der Waals surface area contributed by atoms with Gasteiger partial charge in [-0.05, 0) is 6.07 Å². The molecule has 0 bridgehead atoms. The zero-order valence-electron chi connectivity index (χ0n) is 18.0. The number of methoxy groups -OCH3 is 2. The molecule has 1 fully saturated rings. The molecule has 10 nitrogen and oxygen atoms in total. The molecule has 1 N–H and O–H groups in total. The average Bonchev–Trinajstić information content (AvgIpc) is 3.32. The van der Waals surface area contributed by atoms with E-state index in [0.29, 0.717) is 19.0 Å². The van der Waals surface area contributed by atoms with Crippen LogP contribution in [0.1, 0.15) is 10.4 Å². The van der Waals surface area contributed by atoms with E-state index in [9.17, 15) is 13.2 Å². The number of morpholine rings is 1. The van der Waals surface area contributed by atoms with Gasteiger partial charge < -0.3 is 14.2 Å². The smallest absolute Gasteiger partial charge is 0.261 e. The number of amides is 1. The fourth-order valence-electron chi connectivity index (χ4n) is 3.34. The highest BCUT2D eigenvalue weighted by Crippen LogP contribution is 2.36. The lowest BCUT2D eigenvalue weighted by atomic mass is 10.1. The molecule has 0 spiro atoms. The van der Waals surface area contributed by atoms with Gasteiger partial charge in [-0.15, -0.1) is 0 Å². The quantitative estimate of drug-likeness (QED) is 0.536. The lowest BCUT2D eigenvalue weighted by Crippen LogP contribution is -2.40.